The zero-order valence-electron chi connectivity index (χ0n) is 30.8. The van der Waals surface area contributed by atoms with Crippen LogP contribution in [0.2, 0.25) is 0 Å². The Balaban J connectivity index is 1.12. The molecule has 1 aliphatic heterocycles. The number of benzene rings is 8. The Morgan fingerprint density at radius 2 is 1.07 bits per heavy atom. The van der Waals surface area contributed by atoms with Gasteiger partial charge in [0, 0.05) is 0 Å². The molecule has 8 aromatic carbocycles. The number of rotatable bonds is 5. The van der Waals surface area contributed by atoms with Crippen molar-refractivity contribution < 1.29 is 4.42 Å². The summed E-state index contributed by atoms with van der Waals surface area (Å²) in [5.74, 6) is 0.752. The van der Waals surface area contributed by atoms with Gasteiger partial charge in [0.05, 0.1) is 0 Å². The summed E-state index contributed by atoms with van der Waals surface area (Å²) in [6, 6.07) is 72.2. The molecule has 12 rings (SSSR count). The van der Waals surface area contributed by atoms with E-state index in [-0.39, 0.29) is 0 Å². The molecule has 0 N–H and O–H groups in total. The van der Waals surface area contributed by atoms with E-state index in [4.69, 9.17) is 14.4 Å². The van der Waals surface area contributed by atoms with Gasteiger partial charge in [-0.1, -0.05) is 18.2 Å². The zero-order valence-corrected chi connectivity index (χ0v) is 32.9. The summed E-state index contributed by atoms with van der Waals surface area (Å²) in [4.78, 5) is 11.1. The minimum atomic E-state index is -3.65. The van der Waals surface area contributed by atoms with E-state index >= 15 is 0 Å². The number of furan rings is 1. The Morgan fingerprint density at radius 3 is 1.82 bits per heavy atom. The van der Waals surface area contributed by atoms with E-state index in [1.54, 1.807) is 0 Å². The fraction of sp³-hybridized carbons (Fsp3) is 0. The second-order valence-electron chi connectivity index (χ2n) is 14.9. The molecule has 266 valence electrons. The summed E-state index contributed by atoms with van der Waals surface area (Å²) in [6.45, 7) is 0. The molecule has 0 unspecified atom stereocenters. The van der Waals surface area contributed by atoms with Crippen LogP contribution in [0.3, 0.4) is 0 Å². The van der Waals surface area contributed by atoms with E-state index in [9.17, 15) is 0 Å². The standard InChI is InChI=1S/C52H33GeN3O/c1-4-16-35(17-5-1)52-54-50(49-41-24-10-13-25-44(41)53(51(49)55-52,36-18-6-2-7-19-36)37-20-8-3-9-21-37)34-28-30-38(31-29-34)56-45-26-14-11-22-39(45)42-33-48-43(32-46(42)56)40-23-12-15-27-47(40)57-48/h1-33H. The van der Waals surface area contributed by atoms with Gasteiger partial charge < -0.3 is 4.42 Å². The van der Waals surface area contributed by atoms with Crippen LogP contribution in [0.4, 0.5) is 0 Å². The molecule has 57 heavy (non-hydrogen) atoms. The van der Waals surface area contributed by atoms with E-state index in [0.717, 1.165) is 66.9 Å². The molecule has 0 saturated carbocycles. The third kappa shape index (κ3) is 4.68. The Kier molecular flexibility index (Phi) is 7.07. The van der Waals surface area contributed by atoms with Crippen molar-refractivity contribution in [3.05, 3.63) is 200 Å². The van der Waals surface area contributed by atoms with Crippen LogP contribution >= 0.6 is 0 Å². The van der Waals surface area contributed by atoms with Gasteiger partial charge in [-0.2, -0.15) is 0 Å². The number of hydrogen-bond acceptors (Lipinski definition) is 3. The molecule has 0 amide bonds. The van der Waals surface area contributed by atoms with Crippen LogP contribution in [0, 0.1) is 0 Å². The van der Waals surface area contributed by atoms with Crippen LogP contribution in [0.15, 0.2) is 205 Å². The van der Waals surface area contributed by atoms with Crippen LogP contribution in [0.25, 0.3) is 83.2 Å². The van der Waals surface area contributed by atoms with Gasteiger partial charge in [0.15, 0.2) is 0 Å². The van der Waals surface area contributed by atoms with Crippen molar-refractivity contribution in [3.8, 4) is 39.5 Å². The predicted molar refractivity (Wildman–Crippen MR) is 237 cm³/mol. The molecule has 4 heterocycles. The first kappa shape index (κ1) is 32.2. The predicted octanol–water partition coefficient (Wildman–Crippen LogP) is 10.2. The van der Waals surface area contributed by atoms with Crippen LogP contribution in [-0.4, -0.2) is 27.8 Å². The van der Waals surface area contributed by atoms with Gasteiger partial charge in [-0.3, -0.25) is 0 Å². The molecule has 3 aromatic heterocycles. The van der Waals surface area contributed by atoms with E-state index in [0.29, 0.717) is 0 Å². The number of hydrogen-bond donors (Lipinski definition) is 0. The van der Waals surface area contributed by atoms with Gasteiger partial charge in [-0.25, -0.2) is 0 Å². The van der Waals surface area contributed by atoms with E-state index in [1.807, 2.05) is 12.1 Å². The summed E-state index contributed by atoms with van der Waals surface area (Å²) < 4.78 is 14.0. The number of aromatic nitrogens is 3. The third-order valence-corrected chi connectivity index (χ3v) is 21.8. The molecule has 5 heteroatoms. The third-order valence-electron chi connectivity index (χ3n) is 11.9. The SMILES string of the molecule is c1ccc(-c2nc(-c3ccc(-n4c5ccccc5c5cc6oc7ccccc7c6cc54)cc3)c3[c](n2)[Ge]([c]2ccccc2)([c]2ccccc2)[c]2ccccc2-3)cc1. The van der Waals surface area contributed by atoms with Crippen molar-refractivity contribution in [2.75, 3.05) is 0 Å². The minimum absolute atomic E-state index is 0.752. The summed E-state index contributed by atoms with van der Waals surface area (Å²) >= 11 is -3.65. The first-order chi connectivity index (χ1) is 28.3. The topological polar surface area (TPSA) is 43.9 Å². The van der Waals surface area contributed by atoms with Gasteiger partial charge in [0.2, 0.25) is 0 Å². The fourth-order valence-corrected chi connectivity index (χ4v) is 19.9. The fourth-order valence-electron chi connectivity index (χ4n) is 9.43. The number of nitrogens with zero attached hydrogens (tertiary/aromatic N) is 3. The quantitative estimate of drug-likeness (QED) is 0.163. The van der Waals surface area contributed by atoms with E-state index in [1.165, 1.54) is 34.1 Å². The number of para-hydroxylation sites is 2. The Morgan fingerprint density at radius 1 is 0.439 bits per heavy atom. The van der Waals surface area contributed by atoms with Gasteiger partial charge in [0.1, 0.15) is 5.58 Å². The Labute approximate surface area is 331 Å². The van der Waals surface area contributed by atoms with Gasteiger partial charge in [-0.15, -0.1) is 0 Å². The zero-order chi connectivity index (χ0) is 37.5. The van der Waals surface area contributed by atoms with Gasteiger partial charge in [-0.05, 0) is 6.07 Å². The van der Waals surface area contributed by atoms with Crippen molar-refractivity contribution in [3.63, 3.8) is 0 Å². The summed E-state index contributed by atoms with van der Waals surface area (Å²) in [6.07, 6.45) is 0. The maximum absolute atomic E-state index is 6.35. The second kappa shape index (κ2) is 12.5. The summed E-state index contributed by atoms with van der Waals surface area (Å²) in [7, 11) is 0. The van der Waals surface area contributed by atoms with Crippen LogP contribution in [0.1, 0.15) is 0 Å². The average Bonchev–Trinajstić information content (AvgIpc) is 3.92. The van der Waals surface area contributed by atoms with Crippen molar-refractivity contribution in [1.82, 2.24) is 14.5 Å². The van der Waals surface area contributed by atoms with Crippen molar-refractivity contribution >= 4 is 74.7 Å². The van der Waals surface area contributed by atoms with Crippen molar-refractivity contribution in [1.29, 1.82) is 0 Å². The number of fused-ring (bicyclic) bond motifs is 9. The molecule has 0 atom stereocenters. The van der Waals surface area contributed by atoms with E-state index in [2.05, 4.69) is 193 Å². The van der Waals surface area contributed by atoms with Crippen LogP contribution in [-0.2, 0) is 0 Å². The second-order valence-corrected chi connectivity index (χ2v) is 22.6. The first-order valence-electron chi connectivity index (χ1n) is 19.4. The van der Waals surface area contributed by atoms with Gasteiger partial charge >= 0.3 is 299 Å². The molecule has 0 saturated heterocycles. The maximum atomic E-state index is 6.35. The molecule has 0 spiro atoms. The molecular weight excluding hydrogens is 755 g/mol. The molecule has 0 fully saturated rings. The van der Waals surface area contributed by atoms with E-state index < -0.39 is 13.3 Å². The molecule has 0 radical (unpaired) electrons. The summed E-state index contributed by atoms with van der Waals surface area (Å²) in [5.41, 5.74) is 10.6. The van der Waals surface area contributed by atoms with Gasteiger partial charge in [0.25, 0.3) is 0 Å². The molecule has 0 aliphatic carbocycles. The first-order valence-corrected chi connectivity index (χ1v) is 23.6. The van der Waals surface area contributed by atoms with Crippen LogP contribution < -0.4 is 17.7 Å². The Hall–Kier alpha value is -7.02. The average molecular weight is 788 g/mol. The normalized spacial score (nSPS) is 13.1. The molecule has 1 aliphatic rings. The van der Waals surface area contributed by atoms with Crippen molar-refractivity contribution in [2.45, 2.75) is 0 Å². The Bertz CT molecular complexity index is 3300. The molecule has 0 bridgehead atoms. The summed E-state index contributed by atoms with van der Waals surface area (Å²) in [5, 5.41) is 4.61. The molecule has 11 aromatic rings. The monoisotopic (exact) mass is 789 g/mol. The molecule has 4 nitrogen and oxygen atoms in total. The molecular formula is C52H33GeN3O. The van der Waals surface area contributed by atoms with Crippen LogP contribution in [0.5, 0.6) is 0 Å². The van der Waals surface area contributed by atoms with Crippen molar-refractivity contribution in [2.24, 2.45) is 0 Å².